The first kappa shape index (κ1) is 18.5. The summed E-state index contributed by atoms with van der Waals surface area (Å²) in [5.41, 5.74) is 1.04. The second kappa shape index (κ2) is 10.1. The van der Waals surface area contributed by atoms with Gasteiger partial charge in [0.25, 0.3) is 0 Å². The van der Waals surface area contributed by atoms with E-state index in [1.165, 1.54) is 0 Å². The maximum atomic E-state index is 12.0. The van der Waals surface area contributed by atoms with E-state index in [1.807, 2.05) is 37.4 Å². The van der Waals surface area contributed by atoms with Crippen molar-refractivity contribution in [1.82, 2.24) is 4.90 Å². The summed E-state index contributed by atoms with van der Waals surface area (Å²) >= 11 is 0. The highest BCUT2D eigenvalue weighted by Gasteiger charge is 2.07. The van der Waals surface area contributed by atoms with Crippen LogP contribution in [0.3, 0.4) is 0 Å². The highest BCUT2D eigenvalue weighted by molar-refractivity contribution is 5.92. The van der Waals surface area contributed by atoms with Crippen LogP contribution < -0.4 is 10.1 Å². The average molecular weight is 337 g/mol. The summed E-state index contributed by atoms with van der Waals surface area (Å²) in [5, 5.41) is 11.8. The van der Waals surface area contributed by atoms with Crippen molar-refractivity contribution in [3.05, 3.63) is 60.2 Å². The Kier molecular flexibility index (Phi) is 7.48. The Hall–Kier alpha value is -2.84. The number of hydrogen-bond acceptors (Lipinski definition) is 4. The first-order valence-electron chi connectivity index (χ1n) is 8.34. The topological polar surface area (TPSA) is 65.4 Å². The average Bonchev–Trinajstić information content (AvgIpc) is 2.65. The summed E-state index contributed by atoms with van der Waals surface area (Å²) in [6.07, 6.45) is 1.28. The Labute approximate surface area is 148 Å². The van der Waals surface area contributed by atoms with Gasteiger partial charge in [0.05, 0.1) is 17.9 Å². The van der Waals surface area contributed by atoms with Gasteiger partial charge in [-0.15, -0.1) is 0 Å². The zero-order chi connectivity index (χ0) is 17.9. The van der Waals surface area contributed by atoms with E-state index >= 15 is 0 Å². The molecule has 1 amide bonds. The lowest BCUT2D eigenvalue weighted by Crippen LogP contribution is -2.26. The van der Waals surface area contributed by atoms with Crippen LogP contribution >= 0.6 is 0 Å². The van der Waals surface area contributed by atoms with Crippen LogP contribution in [0.15, 0.2) is 54.6 Å². The largest absolute Gasteiger partial charge is 0.494 e. The fourth-order valence-corrected chi connectivity index (χ4v) is 2.35. The van der Waals surface area contributed by atoms with Crippen LogP contribution in [0.5, 0.6) is 5.75 Å². The van der Waals surface area contributed by atoms with Gasteiger partial charge in [0.1, 0.15) is 11.8 Å². The molecule has 5 heteroatoms. The molecule has 0 saturated heterocycles. The molecule has 0 aliphatic rings. The maximum absolute atomic E-state index is 12.0. The summed E-state index contributed by atoms with van der Waals surface area (Å²) in [7, 11) is 1.99. The van der Waals surface area contributed by atoms with Crippen LogP contribution in [0.4, 0.5) is 5.69 Å². The summed E-state index contributed by atoms with van der Waals surface area (Å²) in [6.45, 7) is 2.16. The van der Waals surface area contributed by atoms with Gasteiger partial charge in [0.2, 0.25) is 5.91 Å². The van der Waals surface area contributed by atoms with Crippen molar-refractivity contribution >= 4 is 11.6 Å². The van der Waals surface area contributed by atoms with Gasteiger partial charge in [-0.05, 0) is 37.7 Å². The molecule has 25 heavy (non-hydrogen) atoms. The number of benzene rings is 2. The summed E-state index contributed by atoms with van der Waals surface area (Å²) in [6, 6.07) is 18.8. The third-order valence-corrected chi connectivity index (χ3v) is 3.74. The van der Waals surface area contributed by atoms with E-state index in [4.69, 9.17) is 10.00 Å². The molecular weight excluding hydrogens is 314 g/mol. The van der Waals surface area contributed by atoms with Gasteiger partial charge in [-0.1, -0.05) is 30.3 Å². The van der Waals surface area contributed by atoms with Gasteiger partial charge in [-0.25, -0.2) is 0 Å². The van der Waals surface area contributed by atoms with Gasteiger partial charge in [-0.3, -0.25) is 4.79 Å². The van der Waals surface area contributed by atoms with Crippen molar-refractivity contribution in [3.63, 3.8) is 0 Å². The molecule has 130 valence electrons. The molecule has 0 aliphatic carbocycles. The van der Waals surface area contributed by atoms with Crippen LogP contribution in [0.1, 0.15) is 18.4 Å². The third-order valence-electron chi connectivity index (χ3n) is 3.74. The third kappa shape index (κ3) is 6.66. The van der Waals surface area contributed by atoms with Crippen molar-refractivity contribution in [2.75, 3.05) is 32.1 Å². The fraction of sp³-hybridized carbons (Fsp3) is 0.300. The van der Waals surface area contributed by atoms with Crippen molar-refractivity contribution in [2.45, 2.75) is 12.8 Å². The Morgan fingerprint density at radius 2 is 1.84 bits per heavy atom. The number of rotatable bonds is 9. The number of amides is 1. The predicted octanol–water partition coefficient (Wildman–Crippen LogP) is 3.29. The van der Waals surface area contributed by atoms with E-state index in [0.717, 1.165) is 18.7 Å². The molecule has 0 unspecified atom stereocenters. The molecule has 2 aromatic carbocycles. The number of nitriles is 1. The van der Waals surface area contributed by atoms with Gasteiger partial charge >= 0.3 is 0 Å². The zero-order valence-electron chi connectivity index (χ0n) is 14.4. The summed E-state index contributed by atoms with van der Waals surface area (Å²) in [4.78, 5) is 14.1. The molecule has 2 aromatic rings. The molecule has 2 rings (SSSR count). The number of hydrogen-bond donors (Lipinski definition) is 1. The Morgan fingerprint density at radius 1 is 1.12 bits per heavy atom. The lowest BCUT2D eigenvalue weighted by atomic mass is 10.2. The molecule has 0 saturated carbocycles. The number of ether oxygens (including phenoxy) is 1. The standard InChI is InChI=1S/C20H23N3O2/c1-23(13-7-15-25-18-9-3-2-4-10-18)14-12-20(24)22-19-11-6-5-8-17(19)16-21/h2-6,8-11H,7,12-15H2,1H3,(H,22,24). The van der Waals surface area contributed by atoms with Gasteiger partial charge in [0, 0.05) is 19.5 Å². The molecule has 0 radical (unpaired) electrons. The molecular formula is C20H23N3O2. The molecule has 0 bridgehead atoms. The fourth-order valence-electron chi connectivity index (χ4n) is 2.35. The number of nitrogens with zero attached hydrogens (tertiary/aromatic N) is 2. The summed E-state index contributed by atoms with van der Waals surface area (Å²) in [5.74, 6) is 0.788. The molecule has 0 spiro atoms. The molecule has 0 atom stereocenters. The molecule has 0 fully saturated rings. The number of anilines is 1. The highest BCUT2D eigenvalue weighted by Crippen LogP contribution is 2.13. The normalized spacial score (nSPS) is 10.3. The second-order valence-corrected chi connectivity index (χ2v) is 5.77. The van der Waals surface area contributed by atoms with Crippen molar-refractivity contribution in [3.8, 4) is 11.8 Å². The van der Waals surface area contributed by atoms with Crippen LogP contribution in [-0.2, 0) is 4.79 Å². The number of carbonyl (C=O) groups excluding carboxylic acids is 1. The number of para-hydroxylation sites is 2. The monoisotopic (exact) mass is 337 g/mol. The predicted molar refractivity (Wildman–Crippen MR) is 98.5 cm³/mol. The minimum Gasteiger partial charge on any atom is -0.494 e. The smallest absolute Gasteiger partial charge is 0.225 e. The van der Waals surface area contributed by atoms with Gasteiger partial charge in [-0.2, -0.15) is 5.26 Å². The van der Waals surface area contributed by atoms with Crippen LogP contribution in [0.2, 0.25) is 0 Å². The van der Waals surface area contributed by atoms with Gasteiger partial charge < -0.3 is 15.0 Å². The van der Waals surface area contributed by atoms with E-state index in [2.05, 4.69) is 16.3 Å². The lowest BCUT2D eigenvalue weighted by molar-refractivity contribution is -0.116. The SMILES string of the molecule is CN(CCCOc1ccccc1)CCC(=O)Nc1ccccc1C#N. The highest BCUT2D eigenvalue weighted by atomic mass is 16.5. The first-order valence-corrected chi connectivity index (χ1v) is 8.34. The second-order valence-electron chi connectivity index (χ2n) is 5.77. The van der Waals surface area contributed by atoms with Gasteiger partial charge in [0.15, 0.2) is 0 Å². The van der Waals surface area contributed by atoms with E-state index in [0.29, 0.717) is 30.8 Å². The minimum absolute atomic E-state index is 0.0879. The van der Waals surface area contributed by atoms with Crippen molar-refractivity contribution in [1.29, 1.82) is 5.26 Å². The van der Waals surface area contributed by atoms with E-state index < -0.39 is 0 Å². The van der Waals surface area contributed by atoms with Crippen LogP contribution in [0.25, 0.3) is 0 Å². The van der Waals surface area contributed by atoms with Crippen molar-refractivity contribution < 1.29 is 9.53 Å². The van der Waals surface area contributed by atoms with E-state index in [-0.39, 0.29) is 5.91 Å². The van der Waals surface area contributed by atoms with Crippen LogP contribution in [-0.4, -0.2) is 37.6 Å². The number of carbonyl (C=O) groups is 1. The van der Waals surface area contributed by atoms with E-state index in [9.17, 15) is 4.79 Å². The Morgan fingerprint density at radius 3 is 2.60 bits per heavy atom. The van der Waals surface area contributed by atoms with E-state index in [1.54, 1.807) is 24.3 Å². The quantitative estimate of drug-likeness (QED) is 0.713. The maximum Gasteiger partial charge on any atom is 0.225 e. The Balaban J connectivity index is 1.63. The molecule has 5 nitrogen and oxygen atoms in total. The lowest BCUT2D eigenvalue weighted by Gasteiger charge is -2.16. The minimum atomic E-state index is -0.0879. The number of nitrogens with one attached hydrogen (secondary N) is 1. The zero-order valence-corrected chi connectivity index (χ0v) is 14.4. The van der Waals surface area contributed by atoms with Crippen LogP contribution in [0, 0.1) is 11.3 Å². The van der Waals surface area contributed by atoms with Crippen molar-refractivity contribution in [2.24, 2.45) is 0 Å². The summed E-state index contributed by atoms with van der Waals surface area (Å²) < 4.78 is 5.65. The first-order chi connectivity index (χ1) is 12.2. The molecule has 0 aromatic heterocycles. The molecule has 0 aliphatic heterocycles. The molecule has 1 N–H and O–H groups in total. The Bertz CT molecular complexity index is 710. The molecule has 0 heterocycles.